The topological polar surface area (TPSA) is 46.3 Å². The van der Waals surface area contributed by atoms with E-state index >= 15 is 0 Å². The zero-order valence-electron chi connectivity index (χ0n) is 12.0. The normalized spacial score (nSPS) is 20.1. The fourth-order valence-electron chi connectivity index (χ4n) is 2.89. The van der Waals surface area contributed by atoms with E-state index in [0.29, 0.717) is 25.1 Å². The first-order valence-corrected chi connectivity index (χ1v) is 7.50. The molecule has 22 heavy (non-hydrogen) atoms. The first-order valence-electron chi connectivity index (χ1n) is 7.12. The van der Waals surface area contributed by atoms with Gasteiger partial charge >= 0.3 is 6.18 Å². The van der Waals surface area contributed by atoms with Crippen molar-refractivity contribution in [2.45, 2.75) is 32.0 Å². The molecule has 1 fully saturated rings. The predicted molar refractivity (Wildman–Crippen MR) is 78.3 cm³/mol. The number of nitrogens with two attached hydrogens (primary N) is 1. The van der Waals surface area contributed by atoms with E-state index in [0.717, 1.165) is 25.5 Å². The Morgan fingerprint density at radius 3 is 2.77 bits per heavy atom. The molecule has 0 aromatic heterocycles. The van der Waals surface area contributed by atoms with Crippen LogP contribution in [0.15, 0.2) is 18.2 Å². The lowest BCUT2D eigenvalue weighted by molar-refractivity contribution is -0.137. The van der Waals surface area contributed by atoms with Gasteiger partial charge in [-0.1, -0.05) is 17.7 Å². The Hall–Kier alpha value is -1.27. The second-order valence-corrected chi connectivity index (χ2v) is 6.13. The molecule has 0 saturated carbocycles. The minimum Gasteiger partial charge on any atom is -0.370 e. The van der Waals surface area contributed by atoms with Crippen LogP contribution in [-0.2, 0) is 17.5 Å². The van der Waals surface area contributed by atoms with E-state index in [-0.39, 0.29) is 16.8 Å². The van der Waals surface area contributed by atoms with Crippen molar-refractivity contribution in [3.8, 4) is 0 Å². The molecule has 1 amide bonds. The largest absolute Gasteiger partial charge is 0.417 e. The Morgan fingerprint density at radius 1 is 1.41 bits per heavy atom. The van der Waals surface area contributed by atoms with E-state index in [1.54, 1.807) is 6.07 Å². The Balaban J connectivity index is 2.06. The van der Waals surface area contributed by atoms with E-state index in [9.17, 15) is 18.0 Å². The number of carbonyl (C=O) groups is 1. The van der Waals surface area contributed by atoms with Gasteiger partial charge in [-0.2, -0.15) is 13.2 Å². The third-order valence-corrected chi connectivity index (χ3v) is 4.16. The monoisotopic (exact) mass is 334 g/mol. The maximum absolute atomic E-state index is 12.9. The van der Waals surface area contributed by atoms with Crippen LogP contribution in [0.5, 0.6) is 0 Å². The molecule has 2 rings (SSSR count). The molecule has 122 valence electrons. The van der Waals surface area contributed by atoms with E-state index in [1.165, 1.54) is 6.07 Å². The summed E-state index contributed by atoms with van der Waals surface area (Å²) in [7, 11) is 0. The lowest BCUT2D eigenvalue weighted by Crippen LogP contribution is -2.36. The summed E-state index contributed by atoms with van der Waals surface area (Å²) < 4.78 is 38.6. The highest BCUT2D eigenvalue weighted by atomic mass is 35.5. The van der Waals surface area contributed by atoms with Crippen molar-refractivity contribution < 1.29 is 18.0 Å². The highest BCUT2D eigenvalue weighted by Crippen LogP contribution is 2.35. The molecule has 1 aliphatic heterocycles. The number of alkyl halides is 3. The van der Waals surface area contributed by atoms with Crippen LogP contribution in [0.2, 0.25) is 5.02 Å². The van der Waals surface area contributed by atoms with Crippen molar-refractivity contribution in [2.75, 3.05) is 13.1 Å². The van der Waals surface area contributed by atoms with Gasteiger partial charge < -0.3 is 5.73 Å². The molecule has 0 aliphatic carbocycles. The maximum Gasteiger partial charge on any atom is 0.417 e. The summed E-state index contributed by atoms with van der Waals surface area (Å²) in [6, 6.07) is 3.99. The fraction of sp³-hybridized carbons (Fsp3) is 0.533. The average molecular weight is 335 g/mol. The minimum atomic E-state index is -4.45. The highest BCUT2D eigenvalue weighted by molar-refractivity contribution is 6.31. The zero-order chi connectivity index (χ0) is 16.3. The molecular weight excluding hydrogens is 317 g/mol. The van der Waals surface area contributed by atoms with Gasteiger partial charge in [0.25, 0.3) is 0 Å². The number of rotatable bonds is 4. The smallest absolute Gasteiger partial charge is 0.370 e. The highest BCUT2D eigenvalue weighted by Gasteiger charge is 2.33. The second kappa shape index (κ2) is 6.87. The molecule has 0 spiro atoms. The van der Waals surface area contributed by atoms with Gasteiger partial charge in [-0.3, -0.25) is 9.69 Å². The van der Waals surface area contributed by atoms with Crippen LogP contribution in [0, 0.1) is 5.92 Å². The van der Waals surface area contributed by atoms with Crippen molar-refractivity contribution in [2.24, 2.45) is 11.7 Å². The minimum absolute atomic E-state index is 0.181. The van der Waals surface area contributed by atoms with Crippen molar-refractivity contribution in [1.82, 2.24) is 4.90 Å². The van der Waals surface area contributed by atoms with Crippen molar-refractivity contribution in [1.29, 1.82) is 0 Å². The third-order valence-electron chi connectivity index (χ3n) is 3.84. The van der Waals surface area contributed by atoms with Crippen molar-refractivity contribution in [3.05, 3.63) is 34.3 Å². The van der Waals surface area contributed by atoms with Gasteiger partial charge in [0.2, 0.25) is 5.91 Å². The van der Waals surface area contributed by atoms with Crippen LogP contribution in [-0.4, -0.2) is 23.9 Å². The summed E-state index contributed by atoms with van der Waals surface area (Å²) in [6.07, 6.45) is -2.29. The fourth-order valence-corrected chi connectivity index (χ4v) is 3.12. The lowest BCUT2D eigenvalue weighted by atomic mass is 9.94. The number of nitrogens with zero attached hydrogens (tertiary/aromatic N) is 1. The van der Waals surface area contributed by atoms with Gasteiger partial charge in [0, 0.05) is 19.5 Å². The summed E-state index contributed by atoms with van der Waals surface area (Å²) in [5, 5.41) is -0.290. The molecular formula is C15H18ClF3N2O. The van der Waals surface area contributed by atoms with E-state index in [4.69, 9.17) is 17.3 Å². The van der Waals surface area contributed by atoms with Crippen LogP contribution in [0.3, 0.4) is 0 Å². The summed E-state index contributed by atoms with van der Waals surface area (Å²) in [4.78, 5) is 13.0. The first-order chi connectivity index (χ1) is 10.3. The number of carbonyl (C=O) groups excluding carboxylic acids is 1. The molecule has 0 radical (unpaired) electrons. The second-order valence-electron chi connectivity index (χ2n) is 5.73. The van der Waals surface area contributed by atoms with Gasteiger partial charge in [0.15, 0.2) is 0 Å². The van der Waals surface area contributed by atoms with Crippen LogP contribution in [0.4, 0.5) is 13.2 Å². The lowest BCUT2D eigenvalue weighted by Gasteiger charge is -2.32. The van der Waals surface area contributed by atoms with Crippen LogP contribution >= 0.6 is 11.6 Å². The molecule has 1 atom stereocenters. The molecule has 0 unspecified atom stereocenters. The summed E-state index contributed by atoms with van der Waals surface area (Å²) in [5.41, 5.74) is 4.97. The van der Waals surface area contributed by atoms with Gasteiger partial charge in [0.05, 0.1) is 10.6 Å². The molecule has 1 aromatic carbocycles. The molecule has 1 heterocycles. The van der Waals surface area contributed by atoms with Crippen molar-refractivity contribution in [3.63, 3.8) is 0 Å². The number of primary amides is 1. The number of amides is 1. The molecule has 2 N–H and O–H groups in total. The number of piperidine rings is 1. The molecule has 1 aliphatic rings. The first kappa shape index (κ1) is 17.1. The quantitative estimate of drug-likeness (QED) is 0.916. The summed E-state index contributed by atoms with van der Waals surface area (Å²) in [6.45, 7) is 1.89. The number of halogens is 4. The van der Waals surface area contributed by atoms with Gasteiger partial charge in [0.1, 0.15) is 0 Å². The van der Waals surface area contributed by atoms with Crippen LogP contribution in [0.1, 0.15) is 30.4 Å². The van der Waals surface area contributed by atoms with Gasteiger partial charge in [-0.15, -0.1) is 0 Å². The van der Waals surface area contributed by atoms with Gasteiger partial charge in [-0.05, 0) is 43.0 Å². The molecule has 3 nitrogen and oxygen atoms in total. The Labute approximate surface area is 132 Å². The predicted octanol–water partition coefficient (Wildman–Crippen LogP) is 3.45. The SMILES string of the molecule is NC(=O)C[C@H]1CCCN(Cc2ccc(Cl)c(C(F)(F)F)c2)C1. The number of hydrogen-bond donors (Lipinski definition) is 1. The average Bonchev–Trinajstić information content (AvgIpc) is 2.39. The Kier molecular flexibility index (Phi) is 5.34. The van der Waals surface area contributed by atoms with Crippen LogP contribution < -0.4 is 5.73 Å². The Morgan fingerprint density at radius 2 is 2.14 bits per heavy atom. The van der Waals surface area contributed by atoms with E-state index in [1.807, 2.05) is 0 Å². The molecule has 7 heteroatoms. The van der Waals surface area contributed by atoms with E-state index in [2.05, 4.69) is 4.90 Å². The van der Waals surface area contributed by atoms with E-state index < -0.39 is 11.7 Å². The summed E-state index contributed by atoms with van der Waals surface area (Å²) in [5.74, 6) is -0.154. The molecule has 1 aromatic rings. The number of benzene rings is 1. The zero-order valence-corrected chi connectivity index (χ0v) is 12.8. The van der Waals surface area contributed by atoms with Crippen molar-refractivity contribution >= 4 is 17.5 Å². The maximum atomic E-state index is 12.9. The standard InChI is InChI=1S/C15H18ClF3N2O/c16-13-4-3-11(6-12(13)15(17,18)19)9-21-5-1-2-10(8-21)7-14(20)22/h3-4,6,10H,1-2,5,7-9H2,(H2,20,22)/t10-/m1/s1. The van der Waals surface area contributed by atoms with Gasteiger partial charge in [-0.25, -0.2) is 0 Å². The summed E-state index contributed by atoms with van der Waals surface area (Å²) >= 11 is 5.62. The molecule has 0 bridgehead atoms. The number of likely N-dealkylation sites (tertiary alicyclic amines) is 1. The molecule has 1 saturated heterocycles. The Bertz CT molecular complexity index is 548. The van der Waals surface area contributed by atoms with Crippen LogP contribution in [0.25, 0.3) is 0 Å². The third kappa shape index (κ3) is 4.61. The number of hydrogen-bond acceptors (Lipinski definition) is 2.